The van der Waals surface area contributed by atoms with E-state index < -0.39 is 18.0 Å². The Morgan fingerprint density at radius 2 is 2.06 bits per heavy atom. The Balaban J connectivity index is 2.98. The Kier molecular flexibility index (Phi) is 4.31. The number of carboxylic acid groups (broad SMARTS) is 1. The van der Waals surface area contributed by atoms with E-state index in [1.807, 2.05) is 18.2 Å². The van der Waals surface area contributed by atoms with Crippen molar-refractivity contribution in [3.05, 3.63) is 29.8 Å². The maximum atomic E-state index is 10.9. The summed E-state index contributed by atoms with van der Waals surface area (Å²) in [5.74, 6) is -0.788. The summed E-state index contributed by atoms with van der Waals surface area (Å²) in [7, 11) is 3.07. The first-order chi connectivity index (χ1) is 7.60. The van der Waals surface area contributed by atoms with E-state index in [2.05, 4.69) is 0 Å². The molecule has 0 radical (unpaired) electrons. The summed E-state index contributed by atoms with van der Waals surface area (Å²) >= 11 is 0. The molecule has 1 aromatic carbocycles. The lowest BCUT2D eigenvalue weighted by Crippen LogP contribution is -2.20. The second kappa shape index (κ2) is 5.51. The van der Waals surface area contributed by atoms with Crippen LogP contribution in [0.4, 0.5) is 0 Å². The van der Waals surface area contributed by atoms with Gasteiger partial charge in [0.05, 0.1) is 19.1 Å². The standard InChI is InChI=1S/C12H16O4/c1-8(12(13)14)11(16-3)9-5-4-6-10(7-9)15-2/h4-8,11H,1-3H3,(H,13,14). The number of ether oxygens (including phenoxy) is 2. The zero-order valence-electron chi connectivity index (χ0n) is 9.64. The highest BCUT2D eigenvalue weighted by Crippen LogP contribution is 2.28. The van der Waals surface area contributed by atoms with Gasteiger partial charge in [-0.15, -0.1) is 0 Å². The monoisotopic (exact) mass is 224 g/mol. The SMILES string of the molecule is COc1cccc(C(OC)C(C)C(=O)O)c1. The molecule has 0 aliphatic heterocycles. The fraction of sp³-hybridized carbons (Fsp3) is 0.417. The average Bonchev–Trinajstić information content (AvgIpc) is 2.30. The van der Waals surface area contributed by atoms with Crippen molar-refractivity contribution in [2.24, 2.45) is 5.92 Å². The number of hydrogen-bond acceptors (Lipinski definition) is 3. The minimum absolute atomic E-state index is 0.465. The number of carbonyl (C=O) groups is 1. The highest BCUT2D eigenvalue weighted by atomic mass is 16.5. The molecular weight excluding hydrogens is 208 g/mol. The molecule has 16 heavy (non-hydrogen) atoms. The Morgan fingerprint density at radius 3 is 2.56 bits per heavy atom. The van der Waals surface area contributed by atoms with Crippen molar-refractivity contribution in [2.75, 3.05) is 14.2 Å². The molecule has 0 fully saturated rings. The lowest BCUT2D eigenvalue weighted by atomic mass is 9.97. The van der Waals surface area contributed by atoms with Crippen LogP contribution in [0.3, 0.4) is 0 Å². The van der Waals surface area contributed by atoms with Gasteiger partial charge in [0.25, 0.3) is 0 Å². The van der Waals surface area contributed by atoms with E-state index in [1.165, 1.54) is 7.11 Å². The van der Waals surface area contributed by atoms with Crippen molar-refractivity contribution in [3.63, 3.8) is 0 Å². The minimum atomic E-state index is -0.880. The van der Waals surface area contributed by atoms with Gasteiger partial charge in [-0.05, 0) is 24.6 Å². The quantitative estimate of drug-likeness (QED) is 0.832. The van der Waals surface area contributed by atoms with Crippen LogP contribution in [-0.2, 0) is 9.53 Å². The first-order valence-corrected chi connectivity index (χ1v) is 4.99. The molecule has 1 aromatic rings. The summed E-state index contributed by atoms with van der Waals surface area (Å²) in [5, 5.41) is 8.96. The molecule has 4 nitrogen and oxygen atoms in total. The van der Waals surface area contributed by atoms with Gasteiger partial charge in [0.1, 0.15) is 5.75 Å². The minimum Gasteiger partial charge on any atom is -0.497 e. The predicted molar refractivity (Wildman–Crippen MR) is 59.5 cm³/mol. The summed E-state index contributed by atoms with van der Waals surface area (Å²) in [4.78, 5) is 10.9. The first kappa shape index (κ1) is 12.5. The molecule has 0 aromatic heterocycles. The van der Waals surface area contributed by atoms with Crippen molar-refractivity contribution in [3.8, 4) is 5.75 Å². The summed E-state index contributed by atoms with van der Waals surface area (Å²) < 4.78 is 10.3. The molecule has 0 heterocycles. The maximum absolute atomic E-state index is 10.9. The summed E-state index contributed by atoms with van der Waals surface area (Å²) in [6, 6.07) is 7.24. The van der Waals surface area contributed by atoms with Crippen molar-refractivity contribution < 1.29 is 19.4 Å². The number of benzene rings is 1. The van der Waals surface area contributed by atoms with Gasteiger partial charge in [-0.25, -0.2) is 0 Å². The molecule has 0 aliphatic carbocycles. The zero-order chi connectivity index (χ0) is 12.1. The van der Waals surface area contributed by atoms with Crippen LogP contribution in [-0.4, -0.2) is 25.3 Å². The van der Waals surface area contributed by atoms with E-state index >= 15 is 0 Å². The average molecular weight is 224 g/mol. The van der Waals surface area contributed by atoms with Gasteiger partial charge in [-0.3, -0.25) is 4.79 Å². The molecule has 0 saturated heterocycles. The van der Waals surface area contributed by atoms with Crippen molar-refractivity contribution >= 4 is 5.97 Å². The molecular formula is C12H16O4. The Morgan fingerprint density at radius 1 is 1.38 bits per heavy atom. The third-order valence-electron chi connectivity index (χ3n) is 2.52. The topological polar surface area (TPSA) is 55.8 Å². The first-order valence-electron chi connectivity index (χ1n) is 4.99. The van der Waals surface area contributed by atoms with Crippen LogP contribution in [0, 0.1) is 5.92 Å². The predicted octanol–water partition coefficient (Wildman–Crippen LogP) is 2.10. The van der Waals surface area contributed by atoms with E-state index in [0.717, 1.165) is 5.56 Å². The summed E-state index contributed by atoms with van der Waals surface area (Å²) in [6.45, 7) is 1.62. The highest BCUT2D eigenvalue weighted by Gasteiger charge is 2.25. The number of aliphatic carboxylic acids is 1. The number of rotatable bonds is 5. The highest BCUT2D eigenvalue weighted by molar-refractivity contribution is 5.70. The number of methoxy groups -OCH3 is 2. The lowest BCUT2D eigenvalue weighted by molar-refractivity contribution is -0.146. The van der Waals surface area contributed by atoms with E-state index in [1.54, 1.807) is 20.1 Å². The van der Waals surface area contributed by atoms with Gasteiger partial charge in [-0.2, -0.15) is 0 Å². The summed E-state index contributed by atoms with van der Waals surface area (Å²) in [6.07, 6.45) is -0.465. The van der Waals surface area contributed by atoms with Gasteiger partial charge in [0.2, 0.25) is 0 Å². The van der Waals surface area contributed by atoms with Gasteiger partial charge in [0.15, 0.2) is 0 Å². The smallest absolute Gasteiger partial charge is 0.309 e. The molecule has 88 valence electrons. The molecule has 1 rings (SSSR count). The van der Waals surface area contributed by atoms with Gasteiger partial charge >= 0.3 is 5.97 Å². The Bertz CT molecular complexity index is 362. The van der Waals surface area contributed by atoms with E-state index in [9.17, 15) is 4.79 Å². The van der Waals surface area contributed by atoms with Crippen LogP contribution in [0.5, 0.6) is 5.75 Å². The molecule has 0 spiro atoms. The van der Waals surface area contributed by atoms with Gasteiger partial charge < -0.3 is 14.6 Å². The Labute approximate surface area is 94.8 Å². The van der Waals surface area contributed by atoms with Gasteiger partial charge in [-0.1, -0.05) is 12.1 Å². The molecule has 1 N–H and O–H groups in total. The van der Waals surface area contributed by atoms with Crippen molar-refractivity contribution in [2.45, 2.75) is 13.0 Å². The second-order valence-electron chi connectivity index (χ2n) is 3.56. The maximum Gasteiger partial charge on any atom is 0.309 e. The third-order valence-corrected chi connectivity index (χ3v) is 2.52. The number of carboxylic acids is 1. The summed E-state index contributed by atoms with van der Waals surface area (Å²) in [5.41, 5.74) is 0.803. The zero-order valence-corrected chi connectivity index (χ0v) is 9.64. The molecule has 0 saturated carbocycles. The van der Waals surface area contributed by atoms with Crippen molar-refractivity contribution in [1.29, 1.82) is 0 Å². The van der Waals surface area contributed by atoms with Crippen LogP contribution in [0.15, 0.2) is 24.3 Å². The van der Waals surface area contributed by atoms with E-state index in [-0.39, 0.29) is 0 Å². The lowest BCUT2D eigenvalue weighted by Gasteiger charge is -2.20. The van der Waals surface area contributed by atoms with E-state index in [4.69, 9.17) is 14.6 Å². The van der Waals surface area contributed by atoms with Crippen LogP contribution in [0.25, 0.3) is 0 Å². The van der Waals surface area contributed by atoms with Crippen LogP contribution in [0.1, 0.15) is 18.6 Å². The van der Waals surface area contributed by atoms with E-state index in [0.29, 0.717) is 5.75 Å². The fourth-order valence-electron chi connectivity index (χ4n) is 1.58. The molecule has 0 aliphatic rings. The van der Waals surface area contributed by atoms with Crippen LogP contribution in [0.2, 0.25) is 0 Å². The third kappa shape index (κ3) is 2.73. The largest absolute Gasteiger partial charge is 0.497 e. The molecule has 2 unspecified atom stereocenters. The second-order valence-corrected chi connectivity index (χ2v) is 3.56. The Hall–Kier alpha value is -1.55. The number of hydrogen-bond donors (Lipinski definition) is 1. The fourth-order valence-corrected chi connectivity index (χ4v) is 1.58. The van der Waals surface area contributed by atoms with Gasteiger partial charge in [0, 0.05) is 7.11 Å². The molecule has 2 atom stereocenters. The molecule has 4 heteroatoms. The normalized spacial score (nSPS) is 14.2. The molecule has 0 bridgehead atoms. The molecule has 0 amide bonds. The van der Waals surface area contributed by atoms with Crippen molar-refractivity contribution in [1.82, 2.24) is 0 Å². The van der Waals surface area contributed by atoms with Crippen LogP contribution >= 0.6 is 0 Å². The van der Waals surface area contributed by atoms with Crippen LogP contribution < -0.4 is 4.74 Å².